The van der Waals surface area contributed by atoms with Gasteiger partial charge in [-0.15, -0.1) is 0 Å². The third kappa shape index (κ3) is 4.48. The highest BCUT2D eigenvalue weighted by Crippen LogP contribution is 2.24. The number of halogens is 2. The molecule has 0 spiro atoms. The first-order chi connectivity index (χ1) is 14.0. The summed E-state index contributed by atoms with van der Waals surface area (Å²) in [6, 6.07) is 4.03. The first-order valence-electron chi connectivity index (χ1n) is 10.2. The average molecular weight is 403 g/mol. The number of carbonyl (C=O) groups is 1. The molecule has 0 radical (unpaired) electrons. The highest BCUT2D eigenvalue weighted by atomic mass is 19.2. The normalized spacial score (nSPS) is 21.7. The minimum atomic E-state index is -0.806. The molecule has 2 fully saturated rings. The number of aromatic nitrogens is 2. The molecule has 1 atom stereocenters. The number of hydrogen-bond donors (Lipinski definition) is 0. The summed E-state index contributed by atoms with van der Waals surface area (Å²) in [7, 11) is 1.86. The molecule has 2 aliphatic heterocycles. The third-order valence-corrected chi connectivity index (χ3v) is 5.96. The van der Waals surface area contributed by atoms with Crippen molar-refractivity contribution in [3.63, 3.8) is 0 Å². The summed E-state index contributed by atoms with van der Waals surface area (Å²) in [5.41, 5.74) is 1.67. The zero-order chi connectivity index (χ0) is 20.4. The maximum atomic E-state index is 13.4. The fraction of sp³-hybridized carbons (Fsp3) is 0.524. The van der Waals surface area contributed by atoms with Gasteiger partial charge in [-0.25, -0.2) is 8.78 Å². The Morgan fingerprint density at radius 2 is 1.90 bits per heavy atom. The van der Waals surface area contributed by atoms with Crippen LogP contribution in [0.2, 0.25) is 0 Å². The van der Waals surface area contributed by atoms with Gasteiger partial charge in [0, 0.05) is 52.5 Å². The minimum Gasteiger partial charge on any atom is -0.308 e. The highest BCUT2D eigenvalue weighted by Gasteiger charge is 2.35. The molecule has 6 nitrogen and oxygen atoms in total. The number of nitrogens with zero attached hydrogens (tertiary/aromatic N) is 5. The Labute approximate surface area is 169 Å². The fourth-order valence-corrected chi connectivity index (χ4v) is 4.28. The van der Waals surface area contributed by atoms with Crippen LogP contribution >= 0.6 is 0 Å². The van der Waals surface area contributed by atoms with Crippen molar-refractivity contribution in [2.24, 2.45) is 7.05 Å². The quantitative estimate of drug-likeness (QED) is 0.767. The van der Waals surface area contributed by atoms with Crippen LogP contribution in [0.1, 0.15) is 18.4 Å². The van der Waals surface area contributed by atoms with Crippen LogP contribution in [0.25, 0.3) is 0 Å². The lowest BCUT2D eigenvalue weighted by Gasteiger charge is -2.42. The molecule has 8 heteroatoms. The van der Waals surface area contributed by atoms with Crippen LogP contribution in [-0.4, -0.2) is 70.8 Å². The van der Waals surface area contributed by atoms with E-state index in [2.05, 4.69) is 14.9 Å². The number of benzene rings is 1. The van der Waals surface area contributed by atoms with E-state index < -0.39 is 11.6 Å². The number of carbonyl (C=O) groups excluding carboxylic acids is 1. The van der Waals surface area contributed by atoms with Crippen molar-refractivity contribution in [2.75, 3.05) is 44.2 Å². The van der Waals surface area contributed by atoms with E-state index in [-0.39, 0.29) is 11.9 Å². The molecule has 0 unspecified atom stereocenters. The molecule has 2 aromatic rings. The lowest BCUT2D eigenvalue weighted by Crippen LogP contribution is -2.57. The SMILES string of the molecule is Cn1cc(N2CCC[C@H](N3CCN(CCc4ccc(F)c(F)c4)CC3)C2=O)cn1. The van der Waals surface area contributed by atoms with Crippen LogP contribution in [0.3, 0.4) is 0 Å². The zero-order valence-corrected chi connectivity index (χ0v) is 16.7. The Kier molecular flexibility index (Phi) is 5.91. The standard InChI is InChI=1S/C21H27F2N5O/c1-25-15-17(14-24-25)28-7-2-3-20(21(28)29)27-11-9-26(10-12-27)8-6-16-4-5-18(22)19(23)13-16/h4-5,13-15,20H,2-3,6-12H2,1H3/t20-/m0/s1. The van der Waals surface area contributed by atoms with Gasteiger partial charge in [-0.3, -0.25) is 14.4 Å². The van der Waals surface area contributed by atoms with Crippen LogP contribution in [-0.2, 0) is 18.3 Å². The van der Waals surface area contributed by atoms with Crippen LogP contribution in [0.15, 0.2) is 30.6 Å². The van der Waals surface area contributed by atoms with Crippen molar-refractivity contribution in [1.82, 2.24) is 19.6 Å². The topological polar surface area (TPSA) is 44.6 Å². The molecule has 0 aliphatic carbocycles. The molecule has 0 N–H and O–H groups in total. The van der Waals surface area contributed by atoms with Gasteiger partial charge in [-0.2, -0.15) is 5.10 Å². The Balaban J connectivity index is 1.29. The summed E-state index contributed by atoms with van der Waals surface area (Å²) in [5, 5.41) is 4.19. The second kappa shape index (κ2) is 8.59. The van der Waals surface area contributed by atoms with Crippen molar-refractivity contribution < 1.29 is 13.6 Å². The van der Waals surface area contributed by atoms with Gasteiger partial charge in [-0.05, 0) is 37.0 Å². The van der Waals surface area contributed by atoms with E-state index in [1.54, 1.807) is 16.9 Å². The second-order valence-electron chi connectivity index (χ2n) is 7.90. The molecular formula is C21H27F2N5O. The van der Waals surface area contributed by atoms with Crippen molar-refractivity contribution in [2.45, 2.75) is 25.3 Å². The largest absolute Gasteiger partial charge is 0.308 e. The van der Waals surface area contributed by atoms with E-state index >= 15 is 0 Å². The van der Waals surface area contributed by atoms with Crippen LogP contribution in [0, 0.1) is 11.6 Å². The Hall–Kier alpha value is -2.32. The lowest BCUT2D eigenvalue weighted by molar-refractivity contribution is -0.126. The van der Waals surface area contributed by atoms with E-state index in [9.17, 15) is 13.6 Å². The molecule has 1 aromatic carbocycles. The number of piperidine rings is 1. The summed E-state index contributed by atoms with van der Waals surface area (Å²) in [4.78, 5) is 19.5. The third-order valence-electron chi connectivity index (χ3n) is 5.96. The second-order valence-corrected chi connectivity index (χ2v) is 7.90. The number of aryl methyl sites for hydroxylation is 1. The van der Waals surface area contributed by atoms with Gasteiger partial charge in [0.25, 0.3) is 0 Å². The summed E-state index contributed by atoms with van der Waals surface area (Å²) in [6.45, 7) is 4.99. The molecule has 156 valence electrons. The fourth-order valence-electron chi connectivity index (χ4n) is 4.28. The van der Waals surface area contributed by atoms with E-state index in [0.717, 1.165) is 63.4 Å². The molecule has 0 bridgehead atoms. The molecule has 29 heavy (non-hydrogen) atoms. The number of hydrogen-bond acceptors (Lipinski definition) is 4. The van der Waals surface area contributed by atoms with Crippen LogP contribution < -0.4 is 4.90 Å². The molecule has 1 aromatic heterocycles. The van der Waals surface area contributed by atoms with Crippen molar-refractivity contribution in [3.8, 4) is 0 Å². The maximum Gasteiger partial charge on any atom is 0.244 e. The highest BCUT2D eigenvalue weighted by molar-refractivity contribution is 5.97. The van der Waals surface area contributed by atoms with Gasteiger partial charge in [0.2, 0.25) is 5.91 Å². The van der Waals surface area contributed by atoms with Crippen molar-refractivity contribution in [3.05, 3.63) is 47.8 Å². The lowest BCUT2D eigenvalue weighted by atomic mass is 10.0. The van der Waals surface area contributed by atoms with Gasteiger partial charge >= 0.3 is 0 Å². The van der Waals surface area contributed by atoms with Crippen LogP contribution in [0.5, 0.6) is 0 Å². The van der Waals surface area contributed by atoms with E-state index in [0.29, 0.717) is 6.42 Å². The van der Waals surface area contributed by atoms with Gasteiger partial charge in [0.15, 0.2) is 11.6 Å². The van der Waals surface area contributed by atoms with E-state index in [1.807, 2.05) is 18.1 Å². The first-order valence-corrected chi connectivity index (χ1v) is 10.2. The predicted molar refractivity (Wildman–Crippen MR) is 107 cm³/mol. The van der Waals surface area contributed by atoms with E-state index in [1.165, 1.54) is 12.1 Å². The Morgan fingerprint density at radius 1 is 1.10 bits per heavy atom. The van der Waals surface area contributed by atoms with Crippen molar-refractivity contribution in [1.29, 1.82) is 0 Å². The molecule has 1 amide bonds. The molecule has 3 heterocycles. The van der Waals surface area contributed by atoms with Gasteiger partial charge in [-0.1, -0.05) is 6.07 Å². The molecule has 2 aliphatic rings. The summed E-state index contributed by atoms with van der Waals surface area (Å²) in [6.07, 6.45) is 6.20. The summed E-state index contributed by atoms with van der Waals surface area (Å²) < 4.78 is 28.1. The molecule has 0 saturated carbocycles. The molecular weight excluding hydrogens is 376 g/mol. The van der Waals surface area contributed by atoms with Gasteiger partial charge in [0.05, 0.1) is 17.9 Å². The van der Waals surface area contributed by atoms with Gasteiger partial charge < -0.3 is 9.80 Å². The Bertz CT molecular complexity index is 863. The van der Waals surface area contributed by atoms with Gasteiger partial charge in [0.1, 0.15) is 0 Å². The number of piperazine rings is 1. The molecule has 2 saturated heterocycles. The Morgan fingerprint density at radius 3 is 2.59 bits per heavy atom. The smallest absolute Gasteiger partial charge is 0.244 e. The number of rotatable bonds is 5. The summed E-state index contributed by atoms with van der Waals surface area (Å²) >= 11 is 0. The first kappa shape index (κ1) is 20.0. The van der Waals surface area contributed by atoms with E-state index in [4.69, 9.17) is 0 Å². The number of amides is 1. The monoisotopic (exact) mass is 403 g/mol. The maximum absolute atomic E-state index is 13.4. The molecule has 4 rings (SSSR count). The minimum absolute atomic E-state index is 0.0719. The van der Waals surface area contributed by atoms with Crippen LogP contribution in [0.4, 0.5) is 14.5 Å². The van der Waals surface area contributed by atoms with Crippen molar-refractivity contribution >= 4 is 11.6 Å². The summed E-state index contributed by atoms with van der Waals surface area (Å²) in [5.74, 6) is -1.43. The average Bonchev–Trinajstić information content (AvgIpc) is 3.15. The number of anilines is 1. The predicted octanol–water partition coefficient (Wildman–Crippen LogP) is 2.05. The zero-order valence-electron chi connectivity index (χ0n) is 16.7.